The van der Waals surface area contributed by atoms with Gasteiger partial charge >= 0.3 is 0 Å². The summed E-state index contributed by atoms with van der Waals surface area (Å²) >= 11 is 0. The standard InChI is InChI=1S/C11H23N3O/c1-9(2)8-14(6-7-15-3)11(12)13-10-4-5-10/h9-10H,4-8H2,1-3H3,(H2,12,13). The van der Waals surface area contributed by atoms with Crippen molar-refractivity contribution in [2.45, 2.75) is 32.7 Å². The van der Waals surface area contributed by atoms with E-state index >= 15 is 0 Å². The van der Waals surface area contributed by atoms with Crippen molar-refractivity contribution in [1.82, 2.24) is 4.90 Å². The Labute approximate surface area is 92.5 Å². The van der Waals surface area contributed by atoms with E-state index < -0.39 is 0 Å². The third-order valence-corrected chi connectivity index (χ3v) is 2.34. The van der Waals surface area contributed by atoms with E-state index in [0.29, 0.717) is 24.5 Å². The van der Waals surface area contributed by atoms with Crippen LogP contribution in [0, 0.1) is 5.92 Å². The zero-order chi connectivity index (χ0) is 11.3. The van der Waals surface area contributed by atoms with Crippen molar-refractivity contribution in [1.29, 1.82) is 0 Å². The van der Waals surface area contributed by atoms with Crippen LogP contribution in [-0.2, 0) is 4.74 Å². The van der Waals surface area contributed by atoms with Crippen molar-refractivity contribution in [2.24, 2.45) is 16.6 Å². The van der Waals surface area contributed by atoms with Crippen LogP contribution in [0.2, 0.25) is 0 Å². The zero-order valence-electron chi connectivity index (χ0n) is 10.1. The van der Waals surface area contributed by atoms with Gasteiger partial charge in [-0.3, -0.25) is 0 Å². The van der Waals surface area contributed by atoms with Crippen molar-refractivity contribution >= 4 is 5.96 Å². The summed E-state index contributed by atoms with van der Waals surface area (Å²) in [5, 5.41) is 0. The number of hydrogen-bond acceptors (Lipinski definition) is 2. The lowest BCUT2D eigenvalue weighted by Gasteiger charge is -2.25. The number of ether oxygens (including phenoxy) is 1. The van der Waals surface area contributed by atoms with Gasteiger partial charge in [0.2, 0.25) is 0 Å². The van der Waals surface area contributed by atoms with Crippen LogP contribution < -0.4 is 5.73 Å². The van der Waals surface area contributed by atoms with Crippen molar-refractivity contribution in [2.75, 3.05) is 26.8 Å². The molecule has 0 radical (unpaired) electrons. The molecule has 88 valence electrons. The van der Waals surface area contributed by atoms with Gasteiger partial charge in [-0.15, -0.1) is 0 Å². The van der Waals surface area contributed by atoms with Crippen LogP contribution in [0.15, 0.2) is 4.99 Å². The second kappa shape index (κ2) is 5.95. The molecule has 0 spiro atoms. The molecule has 0 aromatic carbocycles. The van der Waals surface area contributed by atoms with Gasteiger partial charge in [0.1, 0.15) is 0 Å². The Morgan fingerprint density at radius 3 is 2.67 bits per heavy atom. The van der Waals surface area contributed by atoms with Gasteiger partial charge in [0, 0.05) is 20.2 Å². The normalized spacial score (nSPS) is 17.2. The van der Waals surface area contributed by atoms with Gasteiger partial charge in [0.25, 0.3) is 0 Å². The first kappa shape index (κ1) is 12.3. The molecule has 0 heterocycles. The van der Waals surface area contributed by atoms with Crippen LogP contribution in [0.4, 0.5) is 0 Å². The number of nitrogens with two attached hydrogens (primary N) is 1. The fraction of sp³-hybridized carbons (Fsp3) is 0.909. The van der Waals surface area contributed by atoms with Crippen LogP contribution >= 0.6 is 0 Å². The molecule has 0 atom stereocenters. The molecule has 1 saturated carbocycles. The van der Waals surface area contributed by atoms with E-state index in [-0.39, 0.29) is 0 Å². The lowest BCUT2D eigenvalue weighted by atomic mass is 10.2. The first-order valence-corrected chi connectivity index (χ1v) is 5.70. The topological polar surface area (TPSA) is 50.9 Å². The summed E-state index contributed by atoms with van der Waals surface area (Å²) in [5.74, 6) is 1.28. The molecule has 0 amide bonds. The SMILES string of the molecule is COCCN(CC(C)C)C(N)=NC1CC1. The number of guanidine groups is 1. The molecule has 15 heavy (non-hydrogen) atoms. The summed E-state index contributed by atoms with van der Waals surface area (Å²) in [6, 6.07) is 0.488. The lowest BCUT2D eigenvalue weighted by molar-refractivity contribution is 0.171. The molecule has 0 aromatic heterocycles. The smallest absolute Gasteiger partial charge is 0.191 e. The summed E-state index contributed by atoms with van der Waals surface area (Å²) in [4.78, 5) is 6.58. The fourth-order valence-corrected chi connectivity index (χ4v) is 1.41. The molecular formula is C11H23N3O. The predicted octanol–water partition coefficient (Wildman–Crippen LogP) is 1.07. The predicted molar refractivity (Wildman–Crippen MR) is 62.9 cm³/mol. The zero-order valence-corrected chi connectivity index (χ0v) is 10.1. The molecule has 4 heteroatoms. The van der Waals surface area contributed by atoms with Crippen molar-refractivity contribution in [3.05, 3.63) is 0 Å². The number of rotatable bonds is 6. The molecule has 4 nitrogen and oxygen atoms in total. The fourth-order valence-electron chi connectivity index (χ4n) is 1.41. The van der Waals surface area contributed by atoms with Crippen LogP contribution in [-0.4, -0.2) is 43.7 Å². The molecule has 1 fully saturated rings. The summed E-state index contributed by atoms with van der Waals surface area (Å²) in [5.41, 5.74) is 5.97. The first-order chi connectivity index (χ1) is 7.13. The number of hydrogen-bond donors (Lipinski definition) is 1. The highest BCUT2D eigenvalue weighted by molar-refractivity contribution is 5.78. The van der Waals surface area contributed by atoms with Crippen molar-refractivity contribution in [3.63, 3.8) is 0 Å². The molecule has 1 rings (SSSR count). The Hall–Kier alpha value is -0.770. The summed E-state index contributed by atoms with van der Waals surface area (Å²) in [6.45, 7) is 6.85. The third-order valence-electron chi connectivity index (χ3n) is 2.34. The number of aliphatic imine (C=N–C) groups is 1. The van der Waals surface area contributed by atoms with Gasteiger partial charge in [-0.25, -0.2) is 4.99 Å². The highest BCUT2D eigenvalue weighted by Crippen LogP contribution is 2.23. The molecule has 2 N–H and O–H groups in total. The molecule has 1 aliphatic rings. The minimum Gasteiger partial charge on any atom is -0.383 e. The Balaban J connectivity index is 2.44. The summed E-state index contributed by atoms with van der Waals surface area (Å²) in [7, 11) is 1.71. The van der Waals surface area contributed by atoms with Crippen LogP contribution in [0.5, 0.6) is 0 Å². The van der Waals surface area contributed by atoms with E-state index in [9.17, 15) is 0 Å². The van der Waals surface area contributed by atoms with Gasteiger partial charge in [0.15, 0.2) is 5.96 Å². The van der Waals surface area contributed by atoms with Crippen molar-refractivity contribution < 1.29 is 4.74 Å². The van der Waals surface area contributed by atoms with E-state index in [1.165, 1.54) is 12.8 Å². The van der Waals surface area contributed by atoms with Gasteiger partial charge in [-0.05, 0) is 18.8 Å². The van der Waals surface area contributed by atoms with E-state index in [4.69, 9.17) is 10.5 Å². The molecular weight excluding hydrogens is 190 g/mol. The molecule has 0 bridgehead atoms. The second-order valence-corrected chi connectivity index (χ2v) is 4.55. The summed E-state index contributed by atoms with van der Waals surface area (Å²) in [6.07, 6.45) is 2.39. The number of methoxy groups -OCH3 is 1. The average molecular weight is 213 g/mol. The van der Waals surface area contributed by atoms with E-state index in [1.54, 1.807) is 7.11 Å². The van der Waals surface area contributed by atoms with Gasteiger partial charge < -0.3 is 15.4 Å². The largest absolute Gasteiger partial charge is 0.383 e. The van der Waals surface area contributed by atoms with Crippen LogP contribution in [0.25, 0.3) is 0 Å². The maximum Gasteiger partial charge on any atom is 0.191 e. The third kappa shape index (κ3) is 5.02. The minimum atomic E-state index is 0.488. The Morgan fingerprint density at radius 1 is 1.53 bits per heavy atom. The van der Waals surface area contributed by atoms with Gasteiger partial charge in [-0.2, -0.15) is 0 Å². The second-order valence-electron chi connectivity index (χ2n) is 4.55. The Kier molecular flexibility index (Phi) is 4.88. The maximum atomic E-state index is 5.97. The van der Waals surface area contributed by atoms with E-state index in [2.05, 4.69) is 23.7 Å². The van der Waals surface area contributed by atoms with Crippen molar-refractivity contribution in [3.8, 4) is 0 Å². The monoisotopic (exact) mass is 213 g/mol. The Morgan fingerprint density at radius 2 is 2.20 bits per heavy atom. The molecule has 1 aliphatic carbocycles. The quantitative estimate of drug-likeness (QED) is 0.530. The minimum absolute atomic E-state index is 0.488. The number of nitrogens with zero attached hydrogens (tertiary/aromatic N) is 2. The van der Waals surface area contributed by atoms with Gasteiger partial charge in [0.05, 0.1) is 12.6 Å². The van der Waals surface area contributed by atoms with E-state index in [1.807, 2.05) is 0 Å². The van der Waals surface area contributed by atoms with Crippen LogP contribution in [0.1, 0.15) is 26.7 Å². The highest BCUT2D eigenvalue weighted by Gasteiger charge is 2.22. The molecule has 0 aromatic rings. The Bertz CT molecular complexity index is 212. The van der Waals surface area contributed by atoms with Gasteiger partial charge in [-0.1, -0.05) is 13.8 Å². The molecule has 0 unspecified atom stereocenters. The van der Waals surface area contributed by atoms with Crippen LogP contribution in [0.3, 0.4) is 0 Å². The van der Waals surface area contributed by atoms with E-state index in [0.717, 1.165) is 13.1 Å². The molecule has 0 saturated heterocycles. The average Bonchev–Trinajstić information content (AvgIpc) is 2.95. The summed E-state index contributed by atoms with van der Waals surface area (Å²) < 4.78 is 5.07. The highest BCUT2D eigenvalue weighted by atomic mass is 16.5. The lowest BCUT2D eigenvalue weighted by Crippen LogP contribution is -2.41. The maximum absolute atomic E-state index is 5.97. The first-order valence-electron chi connectivity index (χ1n) is 5.70. The molecule has 0 aliphatic heterocycles.